The number of nitriles is 1. The molecular formula is C17H17N5O. The molecule has 6 nitrogen and oxygen atoms in total. The standard InChI is InChI=1S/C17H17N5O/c18-13-14-4-3-5-15(12-14)20-17(23)22-10-8-21(9-11-22)16-6-1-2-7-19-16/h1-7,12H,8-11H2,(H,20,23). The van der Waals surface area contributed by atoms with Gasteiger partial charge in [0.25, 0.3) is 0 Å². The number of hydrogen-bond donors (Lipinski definition) is 1. The normalized spacial score (nSPS) is 14.2. The molecule has 0 aliphatic carbocycles. The Bertz CT molecular complexity index is 717. The second-order valence-corrected chi connectivity index (χ2v) is 5.28. The SMILES string of the molecule is N#Cc1cccc(NC(=O)N2CCN(c3ccccn3)CC2)c1. The van der Waals surface area contributed by atoms with Crippen LogP contribution in [0.3, 0.4) is 0 Å². The predicted molar refractivity (Wildman–Crippen MR) is 88.2 cm³/mol. The van der Waals surface area contributed by atoms with Gasteiger partial charge in [0.15, 0.2) is 0 Å². The van der Waals surface area contributed by atoms with Crippen molar-refractivity contribution in [1.82, 2.24) is 9.88 Å². The van der Waals surface area contributed by atoms with E-state index in [0.29, 0.717) is 24.3 Å². The number of piperazine rings is 1. The molecule has 1 aromatic carbocycles. The fourth-order valence-electron chi connectivity index (χ4n) is 2.55. The average Bonchev–Trinajstić information content (AvgIpc) is 2.63. The molecule has 6 heteroatoms. The first-order chi connectivity index (χ1) is 11.3. The topological polar surface area (TPSA) is 72.3 Å². The number of rotatable bonds is 2. The molecule has 116 valence electrons. The average molecular weight is 307 g/mol. The number of aromatic nitrogens is 1. The molecule has 2 aromatic rings. The van der Waals surface area contributed by atoms with Gasteiger partial charge in [-0.15, -0.1) is 0 Å². The van der Waals surface area contributed by atoms with Gasteiger partial charge >= 0.3 is 6.03 Å². The Kier molecular flexibility index (Phi) is 4.39. The predicted octanol–water partition coefficient (Wildman–Crippen LogP) is 2.31. The van der Waals surface area contributed by atoms with Gasteiger partial charge in [-0.2, -0.15) is 5.26 Å². The van der Waals surface area contributed by atoms with Crippen LogP contribution in [-0.2, 0) is 0 Å². The maximum absolute atomic E-state index is 12.3. The Hall–Kier alpha value is -3.07. The van der Waals surface area contributed by atoms with E-state index in [1.54, 1.807) is 35.4 Å². The Balaban J connectivity index is 1.57. The van der Waals surface area contributed by atoms with E-state index in [9.17, 15) is 4.79 Å². The maximum Gasteiger partial charge on any atom is 0.321 e. The Labute approximate surface area is 135 Å². The van der Waals surface area contributed by atoms with Crippen LogP contribution in [0, 0.1) is 11.3 Å². The largest absolute Gasteiger partial charge is 0.353 e. The van der Waals surface area contributed by atoms with Gasteiger partial charge in [0, 0.05) is 38.1 Å². The van der Waals surface area contributed by atoms with Crippen molar-refractivity contribution in [1.29, 1.82) is 5.26 Å². The Morgan fingerprint density at radius 1 is 1.13 bits per heavy atom. The minimum atomic E-state index is -0.138. The van der Waals surface area contributed by atoms with Crippen LogP contribution in [0.25, 0.3) is 0 Å². The summed E-state index contributed by atoms with van der Waals surface area (Å²) in [6.45, 7) is 2.78. The van der Waals surface area contributed by atoms with Crippen LogP contribution in [-0.4, -0.2) is 42.1 Å². The number of carbonyl (C=O) groups is 1. The first-order valence-corrected chi connectivity index (χ1v) is 7.48. The van der Waals surface area contributed by atoms with Gasteiger partial charge < -0.3 is 15.1 Å². The lowest BCUT2D eigenvalue weighted by molar-refractivity contribution is 0.208. The molecular weight excluding hydrogens is 290 g/mol. The number of carbonyl (C=O) groups excluding carboxylic acids is 1. The Morgan fingerprint density at radius 3 is 2.65 bits per heavy atom. The number of pyridine rings is 1. The van der Waals surface area contributed by atoms with E-state index in [1.165, 1.54) is 0 Å². The number of urea groups is 1. The number of nitrogens with one attached hydrogen (secondary N) is 1. The highest BCUT2D eigenvalue weighted by atomic mass is 16.2. The van der Waals surface area contributed by atoms with Crippen LogP contribution in [0.1, 0.15) is 5.56 Å². The van der Waals surface area contributed by atoms with Crippen molar-refractivity contribution in [2.45, 2.75) is 0 Å². The zero-order chi connectivity index (χ0) is 16.1. The third kappa shape index (κ3) is 3.58. The third-order valence-electron chi connectivity index (χ3n) is 3.78. The summed E-state index contributed by atoms with van der Waals surface area (Å²) in [7, 11) is 0. The zero-order valence-corrected chi connectivity index (χ0v) is 12.6. The zero-order valence-electron chi connectivity index (χ0n) is 12.6. The molecule has 0 spiro atoms. The van der Waals surface area contributed by atoms with Crippen molar-refractivity contribution in [3.8, 4) is 6.07 Å². The minimum absolute atomic E-state index is 0.138. The monoisotopic (exact) mass is 307 g/mol. The highest BCUT2D eigenvalue weighted by Gasteiger charge is 2.21. The molecule has 1 saturated heterocycles. The molecule has 1 fully saturated rings. The quantitative estimate of drug-likeness (QED) is 0.924. The van der Waals surface area contributed by atoms with Gasteiger partial charge in [-0.25, -0.2) is 9.78 Å². The second kappa shape index (κ2) is 6.79. The number of hydrogen-bond acceptors (Lipinski definition) is 4. The number of amides is 2. The van der Waals surface area contributed by atoms with Crippen molar-refractivity contribution in [3.05, 3.63) is 54.2 Å². The van der Waals surface area contributed by atoms with Gasteiger partial charge in [-0.05, 0) is 30.3 Å². The molecule has 3 rings (SSSR count). The molecule has 1 aliphatic rings. The molecule has 1 aliphatic heterocycles. The van der Waals surface area contributed by atoms with Gasteiger partial charge in [-0.3, -0.25) is 0 Å². The van der Waals surface area contributed by atoms with E-state index in [0.717, 1.165) is 18.9 Å². The van der Waals surface area contributed by atoms with Crippen LogP contribution >= 0.6 is 0 Å². The van der Waals surface area contributed by atoms with Gasteiger partial charge in [-0.1, -0.05) is 12.1 Å². The summed E-state index contributed by atoms with van der Waals surface area (Å²) in [5, 5.41) is 11.7. The fourth-order valence-corrected chi connectivity index (χ4v) is 2.55. The first-order valence-electron chi connectivity index (χ1n) is 7.48. The molecule has 0 saturated carbocycles. The highest BCUT2D eigenvalue weighted by Crippen LogP contribution is 2.14. The lowest BCUT2D eigenvalue weighted by Crippen LogP contribution is -2.50. The lowest BCUT2D eigenvalue weighted by Gasteiger charge is -2.35. The van der Waals surface area contributed by atoms with Crippen LogP contribution in [0.4, 0.5) is 16.3 Å². The van der Waals surface area contributed by atoms with E-state index < -0.39 is 0 Å². The summed E-state index contributed by atoms with van der Waals surface area (Å²) in [5.41, 5.74) is 1.17. The highest BCUT2D eigenvalue weighted by molar-refractivity contribution is 5.89. The van der Waals surface area contributed by atoms with Crippen molar-refractivity contribution in [3.63, 3.8) is 0 Å². The number of anilines is 2. The molecule has 0 bridgehead atoms. The van der Waals surface area contributed by atoms with Gasteiger partial charge in [0.2, 0.25) is 0 Å². The van der Waals surface area contributed by atoms with E-state index in [2.05, 4.69) is 21.3 Å². The summed E-state index contributed by atoms with van der Waals surface area (Å²) in [6, 6.07) is 14.7. The second-order valence-electron chi connectivity index (χ2n) is 5.28. The summed E-state index contributed by atoms with van der Waals surface area (Å²) in [6.07, 6.45) is 1.77. The molecule has 0 radical (unpaired) electrons. The van der Waals surface area contributed by atoms with Crippen LogP contribution < -0.4 is 10.2 Å². The van der Waals surface area contributed by atoms with Gasteiger partial charge in [0.05, 0.1) is 11.6 Å². The smallest absolute Gasteiger partial charge is 0.321 e. The summed E-state index contributed by atoms with van der Waals surface area (Å²) < 4.78 is 0. The molecule has 1 aromatic heterocycles. The van der Waals surface area contributed by atoms with Gasteiger partial charge in [0.1, 0.15) is 5.82 Å². The number of benzene rings is 1. The van der Waals surface area contributed by atoms with Crippen molar-refractivity contribution >= 4 is 17.5 Å². The molecule has 1 N–H and O–H groups in total. The van der Waals surface area contributed by atoms with E-state index >= 15 is 0 Å². The van der Waals surface area contributed by atoms with Crippen molar-refractivity contribution in [2.75, 3.05) is 36.4 Å². The van der Waals surface area contributed by atoms with Crippen molar-refractivity contribution in [2.24, 2.45) is 0 Å². The lowest BCUT2D eigenvalue weighted by atomic mass is 10.2. The molecule has 2 amide bonds. The van der Waals surface area contributed by atoms with Crippen molar-refractivity contribution < 1.29 is 4.79 Å². The summed E-state index contributed by atoms with van der Waals surface area (Å²) >= 11 is 0. The molecule has 23 heavy (non-hydrogen) atoms. The fraction of sp³-hybridized carbons (Fsp3) is 0.235. The third-order valence-corrected chi connectivity index (χ3v) is 3.78. The van der Waals surface area contributed by atoms with E-state index in [-0.39, 0.29) is 6.03 Å². The summed E-state index contributed by atoms with van der Waals surface area (Å²) in [4.78, 5) is 20.6. The first kappa shape index (κ1) is 14.9. The van der Waals surface area contributed by atoms with Crippen LogP contribution in [0.2, 0.25) is 0 Å². The molecule has 0 unspecified atom stereocenters. The number of nitrogens with zero attached hydrogens (tertiary/aromatic N) is 4. The molecule has 0 atom stereocenters. The van der Waals surface area contributed by atoms with Crippen LogP contribution in [0.15, 0.2) is 48.7 Å². The van der Waals surface area contributed by atoms with E-state index in [1.807, 2.05) is 18.2 Å². The van der Waals surface area contributed by atoms with Crippen LogP contribution in [0.5, 0.6) is 0 Å². The Morgan fingerprint density at radius 2 is 1.96 bits per heavy atom. The van der Waals surface area contributed by atoms with E-state index in [4.69, 9.17) is 5.26 Å². The minimum Gasteiger partial charge on any atom is -0.353 e. The summed E-state index contributed by atoms with van der Waals surface area (Å²) in [5.74, 6) is 0.939. The molecule has 2 heterocycles. The maximum atomic E-state index is 12.3.